The molecule has 144 valence electrons. The minimum atomic E-state index is -0.0788. The third-order valence-electron chi connectivity index (χ3n) is 4.87. The molecule has 4 rings (SSSR count). The predicted molar refractivity (Wildman–Crippen MR) is 105 cm³/mol. The molecular weight excluding hydrogens is 364 g/mol. The molecule has 2 aliphatic rings. The number of aromatic nitrogens is 1. The molecule has 7 nitrogen and oxygen atoms in total. The van der Waals surface area contributed by atoms with Gasteiger partial charge < -0.3 is 19.7 Å². The normalized spacial score (nSPS) is 18.2. The maximum Gasteiger partial charge on any atom is 0.234 e. The Balaban J connectivity index is 1.27. The molecule has 1 atom stereocenters. The quantitative estimate of drug-likeness (QED) is 0.844. The molecule has 3 heterocycles. The predicted octanol–water partition coefficient (Wildman–Crippen LogP) is 1.91. The lowest BCUT2D eigenvalue weighted by molar-refractivity contribution is -0.123. The van der Waals surface area contributed by atoms with Crippen molar-refractivity contribution in [2.24, 2.45) is 0 Å². The van der Waals surface area contributed by atoms with Gasteiger partial charge in [-0.05, 0) is 24.6 Å². The highest BCUT2D eigenvalue weighted by molar-refractivity contribution is 7.13. The van der Waals surface area contributed by atoms with Crippen LogP contribution in [-0.2, 0) is 4.79 Å². The summed E-state index contributed by atoms with van der Waals surface area (Å²) >= 11 is 1.66. The van der Waals surface area contributed by atoms with Gasteiger partial charge in [0.2, 0.25) is 5.91 Å². The summed E-state index contributed by atoms with van der Waals surface area (Å²) in [4.78, 5) is 21.3. The van der Waals surface area contributed by atoms with Gasteiger partial charge >= 0.3 is 0 Å². The van der Waals surface area contributed by atoms with Gasteiger partial charge in [-0.3, -0.25) is 9.69 Å². The third kappa shape index (κ3) is 4.33. The number of piperazine rings is 1. The highest BCUT2D eigenvalue weighted by Gasteiger charge is 2.21. The van der Waals surface area contributed by atoms with Crippen molar-refractivity contribution in [2.75, 3.05) is 50.8 Å². The van der Waals surface area contributed by atoms with Crippen molar-refractivity contribution in [3.05, 3.63) is 35.3 Å². The third-order valence-corrected chi connectivity index (χ3v) is 5.71. The zero-order valence-electron chi connectivity index (χ0n) is 15.4. The first-order chi connectivity index (χ1) is 13.2. The van der Waals surface area contributed by atoms with Gasteiger partial charge in [-0.1, -0.05) is 6.07 Å². The SMILES string of the molecule is C[C@@H](NC(=O)CN1CCN(c2nccs2)CC1)c1ccc2c(c1)OCCO2. The van der Waals surface area contributed by atoms with Crippen LogP contribution in [0.15, 0.2) is 29.8 Å². The van der Waals surface area contributed by atoms with Crippen LogP contribution in [0.5, 0.6) is 11.5 Å². The second-order valence-electron chi connectivity index (χ2n) is 6.77. The van der Waals surface area contributed by atoms with Crippen LogP contribution < -0.4 is 19.7 Å². The zero-order chi connectivity index (χ0) is 18.6. The molecule has 0 bridgehead atoms. The van der Waals surface area contributed by atoms with Crippen LogP contribution >= 0.6 is 11.3 Å². The van der Waals surface area contributed by atoms with E-state index in [4.69, 9.17) is 9.47 Å². The number of anilines is 1. The molecule has 0 aliphatic carbocycles. The van der Waals surface area contributed by atoms with E-state index in [0.29, 0.717) is 19.8 Å². The molecule has 0 saturated carbocycles. The molecule has 8 heteroatoms. The van der Waals surface area contributed by atoms with Crippen molar-refractivity contribution in [3.63, 3.8) is 0 Å². The van der Waals surface area contributed by atoms with E-state index in [1.165, 1.54) is 0 Å². The molecule has 1 saturated heterocycles. The van der Waals surface area contributed by atoms with Gasteiger partial charge in [0.1, 0.15) is 13.2 Å². The molecule has 1 amide bonds. The lowest BCUT2D eigenvalue weighted by Gasteiger charge is -2.34. The van der Waals surface area contributed by atoms with Gasteiger partial charge in [0, 0.05) is 37.8 Å². The molecule has 0 radical (unpaired) electrons. The Labute approximate surface area is 162 Å². The van der Waals surface area contributed by atoms with Crippen molar-refractivity contribution in [1.82, 2.24) is 15.2 Å². The van der Waals surface area contributed by atoms with E-state index in [9.17, 15) is 4.79 Å². The summed E-state index contributed by atoms with van der Waals surface area (Å²) in [6, 6.07) is 5.76. The Morgan fingerprint density at radius 3 is 2.74 bits per heavy atom. The molecule has 1 fully saturated rings. The highest BCUT2D eigenvalue weighted by atomic mass is 32.1. The number of carbonyl (C=O) groups is 1. The van der Waals surface area contributed by atoms with E-state index in [2.05, 4.69) is 20.1 Å². The number of hydrogen-bond acceptors (Lipinski definition) is 7. The van der Waals surface area contributed by atoms with Crippen LogP contribution in [0.25, 0.3) is 0 Å². The number of hydrogen-bond donors (Lipinski definition) is 1. The van der Waals surface area contributed by atoms with Gasteiger partial charge in [0.25, 0.3) is 0 Å². The maximum absolute atomic E-state index is 12.5. The smallest absolute Gasteiger partial charge is 0.234 e. The van der Waals surface area contributed by atoms with E-state index in [1.807, 2.05) is 36.7 Å². The maximum atomic E-state index is 12.5. The van der Waals surface area contributed by atoms with Crippen LogP contribution in [0.1, 0.15) is 18.5 Å². The second-order valence-corrected chi connectivity index (χ2v) is 7.64. The number of carbonyl (C=O) groups excluding carboxylic acids is 1. The van der Waals surface area contributed by atoms with Gasteiger partial charge in [0.15, 0.2) is 16.6 Å². The van der Waals surface area contributed by atoms with Gasteiger partial charge in [-0.2, -0.15) is 0 Å². The second kappa shape index (κ2) is 8.14. The Morgan fingerprint density at radius 1 is 1.22 bits per heavy atom. The fraction of sp³-hybridized carbons (Fsp3) is 0.474. The minimum absolute atomic E-state index is 0.0417. The minimum Gasteiger partial charge on any atom is -0.486 e. The average molecular weight is 388 g/mol. The van der Waals surface area contributed by atoms with Crippen LogP contribution in [0.3, 0.4) is 0 Å². The number of nitrogens with one attached hydrogen (secondary N) is 1. The zero-order valence-corrected chi connectivity index (χ0v) is 16.2. The Morgan fingerprint density at radius 2 is 2.00 bits per heavy atom. The first-order valence-corrected chi connectivity index (χ1v) is 10.1. The summed E-state index contributed by atoms with van der Waals surface area (Å²) in [5.74, 6) is 1.56. The first-order valence-electron chi connectivity index (χ1n) is 9.25. The number of benzene rings is 1. The van der Waals surface area contributed by atoms with Gasteiger partial charge in [0.05, 0.1) is 12.6 Å². The summed E-state index contributed by atoms with van der Waals surface area (Å²) in [5.41, 5.74) is 1.01. The summed E-state index contributed by atoms with van der Waals surface area (Å²) < 4.78 is 11.2. The standard InChI is InChI=1S/C19H24N4O3S/c1-14(15-2-3-16-17(12-15)26-10-9-25-16)21-18(24)13-22-5-7-23(8-6-22)19-20-4-11-27-19/h2-4,11-12,14H,5-10,13H2,1H3,(H,21,24)/t14-/m1/s1. The van der Waals surface area contributed by atoms with E-state index in [0.717, 1.165) is 48.4 Å². The molecular formula is C19H24N4O3S. The molecule has 2 aliphatic heterocycles. The van der Waals surface area contributed by atoms with Gasteiger partial charge in [-0.25, -0.2) is 4.98 Å². The highest BCUT2D eigenvalue weighted by Crippen LogP contribution is 2.32. The molecule has 0 unspecified atom stereocenters. The van der Waals surface area contributed by atoms with Crippen LogP contribution in [-0.4, -0.2) is 61.7 Å². The Kier molecular flexibility index (Phi) is 5.45. The molecule has 1 aromatic carbocycles. The van der Waals surface area contributed by atoms with E-state index >= 15 is 0 Å². The van der Waals surface area contributed by atoms with Crippen molar-refractivity contribution >= 4 is 22.4 Å². The molecule has 27 heavy (non-hydrogen) atoms. The monoisotopic (exact) mass is 388 g/mol. The first kappa shape index (κ1) is 18.1. The van der Waals surface area contributed by atoms with Crippen molar-refractivity contribution in [1.29, 1.82) is 0 Å². The Bertz CT molecular complexity index is 775. The number of ether oxygens (including phenoxy) is 2. The fourth-order valence-electron chi connectivity index (χ4n) is 3.37. The lowest BCUT2D eigenvalue weighted by Crippen LogP contribution is -2.49. The number of thiazole rings is 1. The summed E-state index contributed by atoms with van der Waals surface area (Å²) in [5, 5.41) is 6.14. The van der Waals surface area contributed by atoms with Crippen molar-refractivity contribution < 1.29 is 14.3 Å². The summed E-state index contributed by atoms with van der Waals surface area (Å²) in [6.45, 7) is 7.08. The molecule has 1 N–H and O–H groups in total. The number of fused-ring (bicyclic) bond motifs is 1. The van der Waals surface area contributed by atoms with Crippen LogP contribution in [0.4, 0.5) is 5.13 Å². The van der Waals surface area contributed by atoms with E-state index < -0.39 is 0 Å². The molecule has 0 spiro atoms. The van der Waals surface area contributed by atoms with Crippen molar-refractivity contribution in [3.8, 4) is 11.5 Å². The number of rotatable bonds is 5. The summed E-state index contributed by atoms with van der Waals surface area (Å²) in [6.07, 6.45) is 1.83. The fourth-order valence-corrected chi connectivity index (χ4v) is 4.07. The molecule has 2 aromatic rings. The lowest BCUT2D eigenvalue weighted by atomic mass is 10.1. The van der Waals surface area contributed by atoms with E-state index in [-0.39, 0.29) is 11.9 Å². The summed E-state index contributed by atoms with van der Waals surface area (Å²) in [7, 11) is 0. The van der Waals surface area contributed by atoms with E-state index in [1.54, 1.807) is 11.3 Å². The van der Waals surface area contributed by atoms with Gasteiger partial charge in [-0.15, -0.1) is 11.3 Å². The molecule has 1 aromatic heterocycles. The number of nitrogens with zero attached hydrogens (tertiary/aromatic N) is 3. The largest absolute Gasteiger partial charge is 0.486 e. The average Bonchev–Trinajstić information content (AvgIpc) is 3.23. The van der Waals surface area contributed by atoms with Crippen LogP contribution in [0.2, 0.25) is 0 Å². The van der Waals surface area contributed by atoms with Crippen LogP contribution in [0, 0.1) is 0 Å². The topological polar surface area (TPSA) is 66.9 Å². The van der Waals surface area contributed by atoms with Crippen molar-refractivity contribution in [2.45, 2.75) is 13.0 Å². The Hall–Kier alpha value is -2.32. The number of amides is 1.